The number of amides is 2. The topological polar surface area (TPSA) is 95.6 Å². The minimum Gasteiger partial charge on any atom is -0.347 e. The van der Waals surface area contributed by atoms with Gasteiger partial charge in [-0.05, 0) is 81.0 Å². The predicted molar refractivity (Wildman–Crippen MR) is 139 cm³/mol. The van der Waals surface area contributed by atoms with Gasteiger partial charge < -0.3 is 10.6 Å². The van der Waals surface area contributed by atoms with Crippen LogP contribution >= 0.6 is 0 Å². The van der Waals surface area contributed by atoms with Crippen LogP contribution in [0.2, 0.25) is 0 Å². The summed E-state index contributed by atoms with van der Waals surface area (Å²) in [5, 5.41) is 5.80. The number of nitrogens with zero attached hydrogens (tertiary/aromatic N) is 1. The minimum absolute atomic E-state index is 0.0484. The molecule has 7 nitrogen and oxygen atoms in total. The van der Waals surface area contributed by atoms with Gasteiger partial charge in [0, 0.05) is 35.8 Å². The standard InChI is InChI=1S/C27H37N3O4S/c1-26(2,3)21-9-13-23(14-10-21)35(33,34)30-17-15-20(16-18-30)24(31)28-22-11-7-19(8-12-22)25(32)29-27(4,5)6/h7-14,20H,15-18H2,1-6H3,(H,28,31)(H,29,32). The van der Waals surface area contributed by atoms with Crippen molar-refractivity contribution in [2.24, 2.45) is 5.92 Å². The molecular weight excluding hydrogens is 462 g/mol. The largest absolute Gasteiger partial charge is 0.347 e. The van der Waals surface area contributed by atoms with E-state index in [0.29, 0.717) is 37.2 Å². The lowest BCUT2D eigenvalue weighted by Gasteiger charge is -2.30. The molecule has 1 heterocycles. The molecule has 2 amide bonds. The van der Waals surface area contributed by atoms with E-state index in [2.05, 4.69) is 31.4 Å². The highest BCUT2D eigenvalue weighted by Crippen LogP contribution is 2.27. The zero-order valence-electron chi connectivity index (χ0n) is 21.5. The summed E-state index contributed by atoms with van der Waals surface area (Å²) in [6.45, 7) is 12.6. The van der Waals surface area contributed by atoms with E-state index >= 15 is 0 Å². The van der Waals surface area contributed by atoms with Crippen molar-refractivity contribution in [3.63, 3.8) is 0 Å². The summed E-state index contributed by atoms with van der Waals surface area (Å²) in [5.74, 6) is -0.575. The molecule has 0 saturated carbocycles. The van der Waals surface area contributed by atoms with Crippen molar-refractivity contribution in [1.82, 2.24) is 9.62 Å². The first-order chi connectivity index (χ1) is 16.2. The van der Waals surface area contributed by atoms with Crippen molar-refractivity contribution >= 4 is 27.5 Å². The Morgan fingerprint density at radius 1 is 0.857 bits per heavy atom. The summed E-state index contributed by atoms with van der Waals surface area (Å²) >= 11 is 0. The van der Waals surface area contributed by atoms with Crippen molar-refractivity contribution in [2.75, 3.05) is 18.4 Å². The van der Waals surface area contributed by atoms with Crippen LogP contribution in [0.15, 0.2) is 53.4 Å². The molecule has 8 heteroatoms. The van der Waals surface area contributed by atoms with Gasteiger partial charge in [-0.25, -0.2) is 8.42 Å². The van der Waals surface area contributed by atoms with Gasteiger partial charge in [-0.1, -0.05) is 32.9 Å². The maximum absolute atomic E-state index is 13.1. The number of nitrogens with one attached hydrogen (secondary N) is 2. The quantitative estimate of drug-likeness (QED) is 0.631. The second-order valence-electron chi connectivity index (χ2n) is 11.2. The van der Waals surface area contributed by atoms with Gasteiger partial charge in [0.15, 0.2) is 0 Å². The van der Waals surface area contributed by atoms with Crippen molar-refractivity contribution in [3.8, 4) is 0 Å². The Hall–Kier alpha value is -2.71. The molecule has 0 unspecified atom stereocenters. The third-order valence-corrected chi connectivity index (χ3v) is 8.00. The van der Waals surface area contributed by atoms with E-state index in [4.69, 9.17) is 0 Å². The molecule has 0 aromatic heterocycles. The van der Waals surface area contributed by atoms with Gasteiger partial charge in [-0.15, -0.1) is 0 Å². The van der Waals surface area contributed by atoms with Gasteiger partial charge in [-0.2, -0.15) is 4.31 Å². The van der Waals surface area contributed by atoms with Crippen LogP contribution in [0.4, 0.5) is 5.69 Å². The number of anilines is 1. The second kappa shape index (κ2) is 10.1. The Kier molecular flexibility index (Phi) is 7.77. The fraction of sp³-hybridized carbons (Fsp3) is 0.481. The lowest BCUT2D eigenvalue weighted by atomic mass is 9.87. The van der Waals surface area contributed by atoms with Gasteiger partial charge in [0.05, 0.1) is 4.90 Å². The lowest BCUT2D eigenvalue weighted by Crippen LogP contribution is -2.41. The lowest BCUT2D eigenvalue weighted by molar-refractivity contribution is -0.120. The number of carbonyl (C=O) groups is 2. The number of hydrogen-bond donors (Lipinski definition) is 2. The molecule has 2 aromatic carbocycles. The summed E-state index contributed by atoms with van der Waals surface area (Å²) in [6.07, 6.45) is 0.911. The summed E-state index contributed by atoms with van der Waals surface area (Å²) < 4.78 is 27.6. The average Bonchev–Trinajstić information content (AvgIpc) is 2.78. The van der Waals surface area contributed by atoms with E-state index in [1.807, 2.05) is 32.9 Å². The fourth-order valence-electron chi connectivity index (χ4n) is 4.00. The van der Waals surface area contributed by atoms with E-state index in [1.54, 1.807) is 36.4 Å². The molecule has 0 radical (unpaired) electrons. The molecule has 35 heavy (non-hydrogen) atoms. The van der Waals surface area contributed by atoms with E-state index < -0.39 is 10.0 Å². The van der Waals surface area contributed by atoms with Crippen LogP contribution in [0, 0.1) is 5.92 Å². The van der Waals surface area contributed by atoms with E-state index in [0.717, 1.165) is 5.56 Å². The zero-order valence-corrected chi connectivity index (χ0v) is 22.3. The van der Waals surface area contributed by atoms with Crippen LogP contribution in [-0.4, -0.2) is 43.2 Å². The Balaban J connectivity index is 1.56. The smallest absolute Gasteiger partial charge is 0.251 e. The number of benzene rings is 2. The van der Waals surface area contributed by atoms with Gasteiger partial charge in [0.1, 0.15) is 0 Å². The van der Waals surface area contributed by atoms with Gasteiger partial charge in [0.25, 0.3) is 5.91 Å². The van der Waals surface area contributed by atoms with E-state index in [-0.39, 0.29) is 33.6 Å². The van der Waals surface area contributed by atoms with Gasteiger partial charge in [-0.3, -0.25) is 9.59 Å². The summed E-state index contributed by atoms with van der Waals surface area (Å²) in [4.78, 5) is 25.3. The maximum Gasteiger partial charge on any atom is 0.251 e. The number of sulfonamides is 1. The Morgan fingerprint density at radius 3 is 1.89 bits per heavy atom. The third kappa shape index (κ3) is 6.92. The zero-order chi connectivity index (χ0) is 26.0. The van der Waals surface area contributed by atoms with Crippen molar-refractivity contribution in [2.45, 2.75) is 70.2 Å². The highest BCUT2D eigenvalue weighted by atomic mass is 32.2. The number of rotatable bonds is 5. The van der Waals surface area contributed by atoms with Crippen LogP contribution in [0.5, 0.6) is 0 Å². The molecular formula is C27H37N3O4S. The SMILES string of the molecule is CC(C)(C)NC(=O)c1ccc(NC(=O)C2CCN(S(=O)(=O)c3ccc(C(C)(C)C)cc3)CC2)cc1. The maximum atomic E-state index is 13.1. The second-order valence-corrected chi connectivity index (χ2v) is 13.2. The molecule has 0 bridgehead atoms. The van der Waals surface area contributed by atoms with Crippen LogP contribution in [0.25, 0.3) is 0 Å². The molecule has 1 fully saturated rings. The van der Waals surface area contributed by atoms with Crippen LogP contribution < -0.4 is 10.6 Å². The minimum atomic E-state index is -3.59. The number of piperidine rings is 1. The van der Waals surface area contributed by atoms with Gasteiger partial charge >= 0.3 is 0 Å². The first kappa shape index (κ1) is 26.9. The summed E-state index contributed by atoms with van der Waals surface area (Å²) in [7, 11) is -3.59. The summed E-state index contributed by atoms with van der Waals surface area (Å²) in [5.41, 5.74) is 1.83. The molecule has 0 spiro atoms. The molecule has 0 aliphatic carbocycles. The number of carbonyl (C=O) groups excluding carboxylic acids is 2. The van der Waals surface area contributed by atoms with Crippen LogP contribution in [0.3, 0.4) is 0 Å². The normalized spacial score (nSPS) is 16.1. The van der Waals surface area contributed by atoms with E-state index in [9.17, 15) is 18.0 Å². The Morgan fingerprint density at radius 2 is 1.40 bits per heavy atom. The monoisotopic (exact) mass is 499 g/mol. The Labute approximate surface area is 209 Å². The molecule has 1 saturated heterocycles. The highest BCUT2D eigenvalue weighted by molar-refractivity contribution is 7.89. The fourth-order valence-corrected chi connectivity index (χ4v) is 5.47. The molecule has 0 atom stereocenters. The summed E-state index contributed by atoms with van der Waals surface area (Å²) in [6, 6.07) is 13.8. The first-order valence-electron chi connectivity index (χ1n) is 12.0. The van der Waals surface area contributed by atoms with Crippen LogP contribution in [0.1, 0.15) is 70.3 Å². The molecule has 190 valence electrons. The van der Waals surface area contributed by atoms with E-state index in [1.165, 1.54) is 4.31 Å². The Bertz CT molecular complexity index is 1150. The van der Waals surface area contributed by atoms with Crippen molar-refractivity contribution in [1.29, 1.82) is 0 Å². The predicted octanol–water partition coefficient (Wildman–Crippen LogP) is 4.55. The molecule has 3 rings (SSSR count). The highest BCUT2D eigenvalue weighted by Gasteiger charge is 2.32. The molecule has 1 aliphatic heterocycles. The molecule has 2 N–H and O–H groups in total. The third-order valence-electron chi connectivity index (χ3n) is 6.09. The first-order valence-corrected chi connectivity index (χ1v) is 13.4. The molecule has 2 aromatic rings. The molecule has 1 aliphatic rings. The van der Waals surface area contributed by atoms with Gasteiger partial charge in [0.2, 0.25) is 15.9 Å². The average molecular weight is 500 g/mol. The van der Waals surface area contributed by atoms with Crippen LogP contribution in [-0.2, 0) is 20.2 Å². The van der Waals surface area contributed by atoms with Crippen molar-refractivity contribution < 1.29 is 18.0 Å². The van der Waals surface area contributed by atoms with Crippen molar-refractivity contribution in [3.05, 3.63) is 59.7 Å². The number of hydrogen-bond acceptors (Lipinski definition) is 4.